The lowest BCUT2D eigenvalue weighted by molar-refractivity contribution is -0.00706. The van der Waals surface area contributed by atoms with Gasteiger partial charge in [-0.05, 0) is 39.0 Å². The van der Waals surface area contributed by atoms with Crippen LogP contribution in [0.2, 0.25) is 0 Å². The van der Waals surface area contributed by atoms with Crippen LogP contribution in [0.5, 0.6) is 0 Å². The third-order valence-electron chi connectivity index (χ3n) is 3.84. The van der Waals surface area contributed by atoms with Crippen molar-refractivity contribution in [3.8, 4) is 0 Å². The molecule has 0 saturated carbocycles. The van der Waals surface area contributed by atoms with Crippen LogP contribution in [0.15, 0.2) is 0 Å². The fourth-order valence-electron chi connectivity index (χ4n) is 2.79. The van der Waals surface area contributed by atoms with Crippen LogP contribution in [0.25, 0.3) is 0 Å². The maximum Gasteiger partial charge on any atom is 0.0726 e. The molecule has 2 heterocycles. The average molecular weight is 227 g/mol. The average Bonchev–Trinajstić information content (AvgIpc) is 2.83. The highest BCUT2D eigenvalue weighted by Gasteiger charge is 2.27. The van der Waals surface area contributed by atoms with Gasteiger partial charge >= 0.3 is 0 Å². The molecule has 16 heavy (non-hydrogen) atoms. The molecule has 2 aliphatic heterocycles. The summed E-state index contributed by atoms with van der Waals surface area (Å²) >= 11 is 0. The Morgan fingerprint density at radius 2 is 2.12 bits per heavy atom. The molecule has 4 unspecified atom stereocenters. The van der Waals surface area contributed by atoms with Crippen molar-refractivity contribution in [2.45, 2.75) is 70.2 Å². The van der Waals surface area contributed by atoms with Gasteiger partial charge in [-0.25, -0.2) is 0 Å². The van der Waals surface area contributed by atoms with Crippen molar-refractivity contribution in [3.05, 3.63) is 0 Å². The molecule has 2 fully saturated rings. The summed E-state index contributed by atoms with van der Waals surface area (Å²) in [6.07, 6.45) is 6.77. The molecule has 2 aliphatic rings. The predicted octanol–water partition coefficient (Wildman–Crippen LogP) is 2.10. The maximum absolute atomic E-state index is 5.72. The van der Waals surface area contributed by atoms with Gasteiger partial charge in [-0.2, -0.15) is 0 Å². The lowest BCUT2D eigenvalue weighted by Crippen LogP contribution is -2.47. The largest absolute Gasteiger partial charge is 0.378 e. The van der Waals surface area contributed by atoms with Crippen LogP contribution in [-0.2, 0) is 9.47 Å². The number of hydrogen-bond acceptors (Lipinski definition) is 3. The van der Waals surface area contributed by atoms with Gasteiger partial charge in [0.1, 0.15) is 0 Å². The molecular formula is C13H25NO2. The number of rotatable bonds is 4. The van der Waals surface area contributed by atoms with Gasteiger partial charge in [0.15, 0.2) is 0 Å². The van der Waals surface area contributed by atoms with Crippen LogP contribution >= 0.6 is 0 Å². The minimum Gasteiger partial charge on any atom is -0.378 e. The van der Waals surface area contributed by atoms with Gasteiger partial charge < -0.3 is 14.8 Å². The summed E-state index contributed by atoms with van der Waals surface area (Å²) in [7, 11) is 0. The van der Waals surface area contributed by atoms with Crippen LogP contribution in [0.4, 0.5) is 0 Å². The summed E-state index contributed by atoms with van der Waals surface area (Å²) in [5.74, 6) is 0. The number of hydrogen-bond donors (Lipinski definition) is 1. The second kappa shape index (κ2) is 5.99. The molecule has 0 spiro atoms. The molecule has 0 aromatic heterocycles. The van der Waals surface area contributed by atoms with Gasteiger partial charge in [0.2, 0.25) is 0 Å². The molecule has 2 rings (SSSR count). The van der Waals surface area contributed by atoms with E-state index in [1.165, 1.54) is 12.8 Å². The Morgan fingerprint density at radius 1 is 1.25 bits per heavy atom. The molecule has 0 radical (unpaired) electrons. The van der Waals surface area contributed by atoms with Gasteiger partial charge in [-0.3, -0.25) is 0 Å². The van der Waals surface area contributed by atoms with E-state index in [-0.39, 0.29) is 0 Å². The summed E-state index contributed by atoms with van der Waals surface area (Å²) in [6, 6.07) is 1.11. The molecule has 3 heteroatoms. The van der Waals surface area contributed by atoms with Gasteiger partial charge in [0, 0.05) is 25.3 Å². The van der Waals surface area contributed by atoms with E-state index in [1.807, 2.05) is 0 Å². The first-order valence-corrected chi connectivity index (χ1v) is 6.79. The van der Waals surface area contributed by atoms with Crippen molar-refractivity contribution in [1.82, 2.24) is 5.32 Å². The monoisotopic (exact) mass is 227 g/mol. The second-order valence-electron chi connectivity index (χ2n) is 5.13. The van der Waals surface area contributed by atoms with Crippen LogP contribution in [0.1, 0.15) is 46.0 Å². The molecular weight excluding hydrogens is 202 g/mol. The van der Waals surface area contributed by atoms with Crippen LogP contribution in [-0.4, -0.2) is 37.5 Å². The quantitative estimate of drug-likeness (QED) is 0.798. The minimum absolute atomic E-state index is 0.433. The fraction of sp³-hybridized carbons (Fsp3) is 1.00. The zero-order valence-electron chi connectivity index (χ0n) is 10.6. The summed E-state index contributed by atoms with van der Waals surface area (Å²) in [4.78, 5) is 0. The number of ether oxygens (including phenoxy) is 2. The van der Waals surface area contributed by atoms with Gasteiger partial charge in [0.05, 0.1) is 12.2 Å². The first kappa shape index (κ1) is 12.3. The molecule has 0 aliphatic carbocycles. The van der Waals surface area contributed by atoms with Crippen LogP contribution in [0, 0.1) is 0 Å². The zero-order valence-corrected chi connectivity index (χ0v) is 10.6. The van der Waals surface area contributed by atoms with Crippen LogP contribution in [0.3, 0.4) is 0 Å². The van der Waals surface area contributed by atoms with Crippen molar-refractivity contribution in [2.75, 3.05) is 13.2 Å². The topological polar surface area (TPSA) is 30.5 Å². The van der Waals surface area contributed by atoms with E-state index < -0.39 is 0 Å². The van der Waals surface area contributed by atoms with Crippen molar-refractivity contribution in [2.24, 2.45) is 0 Å². The Hall–Kier alpha value is -0.120. The van der Waals surface area contributed by atoms with E-state index in [4.69, 9.17) is 9.47 Å². The standard InChI is InChI=1S/C13H25NO2/c1-3-12-9-11(6-8-15-12)14-10(2)13-5-4-7-16-13/h10-14H,3-9H2,1-2H3. The molecule has 1 N–H and O–H groups in total. The van der Waals surface area contributed by atoms with Crippen molar-refractivity contribution in [3.63, 3.8) is 0 Å². The normalized spacial score (nSPS) is 37.5. The maximum atomic E-state index is 5.72. The van der Waals surface area contributed by atoms with Gasteiger partial charge in [-0.15, -0.1) is 0 Å². The highest BCUT2D eigenvalue weighted by Crippen LogP contribution is 2.20. The highest BCUT2D eigenvalue weighted by atomic mass is 16.5. The van der Waals surface area contributed by atoms with E-state index in [2.05, 4.69) is 19.2 Å². The lowest BCUT2D eigenvalue weighted by atomic mass is 9.99. The van der Waals surface area contributed by atoms with E-state index >= 15 is 0 Å². The fourth-order valence-corrected chi connectivity index (χ4v) is 2.79. The summed E-state index contributed by atoms with van der Waals surface area (Å²) < 4.78 is 11.4. The molecule has 0 amide bonds. The predicted molar refractivity (Wildman–Crippen MR) is 64.6 cm³/mol. The van der Waals surface area contributed by atoms with E-state index in [1.54, 1.807) is 0 Å². The summed E-state index contributed by atoms with van der Waals surface area (Å²) in [6.45, 7) is 6.32. The molecule has 2 saturated heterocycles. The number of nitrogens with one attached hydrogen (secondary N) is 1. The molecule has 0 aromatic carbocycles. The van der Waals surface area contributed by atoms with Crippen LogP contribution < -0.4 is 5.32 Å². The third kappa shape index (κ3) is 3.19. The minimum atomic E-state index is 0.433. The molecule has 3 nitrogen and oxygen atoms in total. The second-order valence-corrected chi connectivity index (χ2v) is 5.13. The van der Waals surface area contributed by atoms with Crippen molar-refractivity contribution in [1.29, 1.82) is 0 Å². The smallest absolute Gasteiger partial charge is 0.0726 e. The van der Waals surface area contributed by atoms with Crippen molar-refractivity contribution < 1.29 is 9.47 Å². The first-order chi connectivity index (χ1) is 7.79. The summed E-state index contributed by atoms with van der Waals surface area (Å²) in [5, 5.41) is 3.72. The Kier molecular flexibility index (Phi) is 4.62. The van der Waals surface area contributed by atoms with Gasteiger partial charge in [-0.1, -0.05) is 6.92 Å². The third-order valence-corrected chi connectivity index (χ3v) is 3.84. The molecule has 94 valence electrons. The Bertz CT molecular complexity index is 204. The van der Waals surface area contributed by atoms with E-state index in [0.29, 0.717) is 24.3 Å². The Labute approximate surface area is 98.9 Å². The zero-order chi connectivity index (χ0) is 11.4. The highest BCUT2D eigenvalue weighted by molar-refractivity contribution is 4.83. The Balaban J connectivity index is 1.75. The summed E-state index contributed by atoms with van der Waals surface area (Å²) in [5.41, 5.74) is 0. The molecule has 4 atom stereocenters. The van der Waals surface area contributed by atoms with E-state index in [9.17, 15) is 0 Å². The van der Waals surface area contributed by atoms with Crippen molar-refractivity contribution >= 4 is 0 Å². The SMILES string of the molecule is CCC1CC(NC(C)C2CCCO2)CCO1. The van der Waals surface area contributed by atoms with Gasteiger partial charge in [0.25, 0.3) is 0 Å². The molecule has 0 bridgehead atoms. The van der Waals surface area contributed by atoms with E-state index in [0.717, 1.165) is 32.5 Å². The molecule has 0 aromatic rings. The lowest BCUT2D eigenvalue weighted by Gasteiger charge is -2.33. The Morgan fingerprint density at radius 3 is 2.81 bits per heavy atom. The first-order valence-electron chi connectivity index (χ1n) is 6.79.